The number of carbonyl (C=O) groups is 2. The Bertz CT molecular complexity index is 294. The van der Waals surface area contributed by atoms with E-state index in [1.54, 1.807) is 11.8 Å². The van der Waals surface area contributed by atoms with Crippen LogP contribution in [0.5, 0.6) is 0 Å². The number of amides is 2. The van der Waals surface area contributed by atoms with Crippen molar-refractivity contribution in [1.82, 2.24) is 10.2 Å². The Morgan fingerprint density at radius 1 is 1.44 bits per heavy atom. The van der Waals surface area contributed by atoms with Gasteiger partial charge in [0.05, 0.1) is 6.61 Å². The second-order valence-electron chi connectivity index (χ2n) is 4.94. The van der Waals surface area contributed by atoms with Gasteiger partial charge in [0.25, 0.3) is 0 Å². The smallest absolute Gasteiger partial charge is 0.243 e. The summed E-state index contributed by atoms with van der Waals surface area (Å²) < 4.78 is 0. The molecule has 1 heterocycles. The molecule has 0 aliphatic carbocycles. The van der Waals surface area contributed by atoms with Gasteiger partial charge in [0.2, 0.25) is 11.8 Å². The second kappa shape index (κ2) is 7.36. The van der Waals surface area contributed by atoms with E-state index in [1.165, 1.54) is 0 Å². The maximum absolute atomic E-state index is 12.1. The van der Waals surface area contributed by atoms with E-state index in [0.717, 1.165) is 25.7 Å². The van der Waals surface area contributed by atoms with Gasteiger partial charge in [-0.1, -0.05) is 6.92 Å². The predicted molar refractivity (Wildman–Crippen MR) is 69.0 cm³/mol. The summed E-state index contributed by atoms with van der Waals surface area (Å²) in [5, 5.41) is 11.7. The molecule has 2 amide bonds. The lowest BCUT2D eigenvalue weighted by molar-refractivity contribution is -0.142. The molecule has 2 atom stereocenters. The van der Waals surface area contributed by atoms with Gasteiger partial charge in [-0.05, 0) is 32.6 Å². The third kappa shape index (κ3) is 3.98. The van der Waals surface area contributed by atoms with Crippen molar-refractivity contribution in [2.45, 2.75) is 58.0 Å². The average molecular weight is 256 g/mol. The lowest BCUT2D eigenvalue weighted by Crippen LogP contribution is -2.53. The third-order valence-electron chi connectivity index (χ3n) is 3.25. The number of hydrogen-bond donors (Lipinski definition) is 2. The zero-order chi connectivity index (χ0) is 13.5. The lowest BCUT2D eigenvalue weighted by atomic mass is 10.0. The van der Waals surface area contributed by atoms with E-state index < -0.39 is 0 Å². The fourth-order valence-electron chi connectivity index (χ4n) is 2.24. The minimum absolute atomic E-state index is 0.0639. The van der Waals surface area contributed by atoms with Crippen LogP contribution in [0.25, 0.3) is 0 Å². The standard InChI is InChI=1S/C13H24N2O3/c1-3-6-12(17)15-8-5-4-7-11(15)13(18)14-10(2)9-16/h10-11,16H,3-9H2,1-2H3,(H,14,18). The highest BCUT2D eigenvalue weighted by molar-refractivity contribution is 5.88. The summed E-state index contributed by atoms with van der Waals surface area (Å²) in [6.07, 6.45) is 3.96. The van der Waals surface area contributed by atoms with E-state index in [4.69, 9.17) is 5.11 Å². The van der Waals surface area contributed by atoms with Gasteiger partial charge in [-0.3, -0.25) is 9.59 Å². The molecule has 1 saturated heterocycles. The molecule has 1 aliphatic rings. The van der Waals surface area contributed by atoms with E-state index in [0.29, 0.717) is 13.0 Å². The third-order valence-corrected chi connectivity index (χ3v) is 3.25. The molecule has 104 valence electrons. The number of carbonyl (C=O) groups excluding carboxylic acids is 2. The highest BCUT2D eigenvalue weighted by Crippen LogP contribution is 2.18. The van der Waals surface area contributed by atoms with Gasteiger partial charge in [0, 0.05) is 19.0 Å². The van der Waals surface area contributed by atoms with Crippen LogP contribution in [0, 0.1) is 0 Å². The molecule has 0 bridgehead atoms. The van der Waals surface area contributed by atoms with E-state index in [-0.39, 0.29) is 30.5 Å². The number of hydrogen-bond acceptors (Lipinski definition) is 3. The Balaban J connectivity index is 2.63. The first-order valence-electron chi connectivity index (χ1n) is 6.80. The first-order chi connectivity index (χ1) is 8.60. The molecule has 5 heteroatoms. The van der Waals surface area contributed by atoms with Crippen LogP contribution in [-0.2, 0) is 9.59 Å². The van der Waals surface area contributed by atoms with Crippen molar-refractivity contribution in [1.29, 1.82) is 0 Å². The molecule has 5 nitrogen and oxygen atoms in total. The van der Waals surface area contributed by atoms with Gasteiger partial charge < -0.3 is 15.3 Å². The molecule has 1 rings (SSSR count). The summed E-state index contributed by atoms with van der Waals surface area (Å²) in [7, 11) is 0. The van der Waals surface area contributed by atoms with E-state index in [1.807, 2.05) is 6.92 Å². The topological polar surface area (TPSA) is 69.6 Å². The van der Waals surface area contributed by atoms with Crippen molar-refractivity contribution in [2.75, 3.05) is 13.2 Å². The number of nitrogens with zero attached hydrogens (tertiary/aromatic N) is 1. The first kappa shape index (κ1) is 15.0. The molecule has 0 spiro atoms. The number of nitrogens with one attached hydrogen (secondary N) is 1. The highest BCUT2D eigenvalue weighted by Gasteiger charge is 2.31. The molecule has 1 fully saturated rings. The van der Waals surface area contributed by atoms with Crippen molar-refractivity contribution in [3.8, 4) is 0 Å². The van der Waals surface area contributed by atoms with Crippen molar-refractivity contribution in [3.05, 3.63) is 0 Å². The maximum atomic E-state index is 12.1. The Morgan fingerprint density at radius 2 is 2.17 bits per heavy atom. The second-order valence-corrected chi connectivity index (χ2v) is 4.94. The fourth-order valence-corrected chi connectivity index (χ4v) is 2.24. The van der Waals surface area contributed by atoms with Gasteiger partial charge >= 0.3 is 0 Å². The quantitative estimate of drug-likeness (QED) is 0.759. The van der Waals surface area contributed by atoms with E-state index in [9.17, 15) is 9.59 Å². The summed E-state index contributed by atoms with van der Waals surface area (Å²) in [4.78, 5) is 25.7. The SMILES string of the molecule is CCCC(=O)N1CCCCC1C(=O)NC(C)CO. The van der Waals surface area contributed by atoms with Crippen LogP contribution < -0.4 is 5.32 Å². The van der Waals surface area contributed by atoms with Crippen LogP contribution in [0.3, 0.4) is 0 Å². The van der Waals surface area contributed by atoms with E-state index >= 15 is 0 Å². The maximum Gasteiger partial charge on any atom is 0.243 e. The van der Waals surface area contributed by atoms with Gasteiger partial charge in [-0.25, -0.2) is 0 Å². The lowest BCUT2D eigenvalue weighted by Gasteiger charge is -2.35. The number of aliphatic hydroxyl groups excluding tert-OH is 1. The molecule has 1 aliphatic heterocycles. The van der Waals surface area contributed by atoms with Crippen LogP contribution in [0.15, 0.2) is 0 Å². The normalized spacial score (nSPS) is 21.5. The first-order valence-corrected chi connectivity index (χ1v) is 6.80. The Morgan fingerprint density at radius 3 is 2.78 bits per heavy atom. The van der Waals surface area contributed by atoms with Crippen LogP contribution in [0.4, 0.5) is 0 Å². The zero-order valence-electron chi connectivity index (χ0n) is 11.3. The monoisotopic (exact) mass is 256 g/mol. The number of piperidine rings is 1. The van der Waals surface area contributed by atoms with Gasteiger partial charge in [0.15, 0.2) is 0 Å². The molecule has 2 unspecified atom stereocenters. The molecule has 18 heavy (non-hydrogen) atoms. The molecule has 0 aromatic heterocycles. The summed E-state index contributed by atoms with van der Waals surface area (Å²) >= 11 is 0. The fraction of sp³-hybridized carbons (Fsp3) is 0.846. The summed E-state index contributed by atoms with van der Waals surface area (Å²) in [5.74, 6) is -0.0743. The van der Waals surface area contributed by atoms with Crippen LogP contribution in [-0.4, -0.2) is 47.1 Å². The molecular formula is C13H24N2O3. The largest absolute Gasteiger partial charge is 0.394 e. The average Bonchev–Trinajstić information content (AvgIpc) is 2.38. The number of likely N-dealkylation sites (tertiary alicyclic amines) is 1. The van der Waals surface area contributed by atoms with Crippen molar-refractivity contribution < 1.29 is 14.7 Å². The van der Waals surface area contributed by atoms with Crippen LogP contribution in [0.2, 0.25) is 0 Å². The zero-order valence-corrected chi connectivity index (χ0v) is 11.3. The van der Waals surface area contributed by atoms with Gasteiger partial charge in [0.1, 0.15) is 6.04 Å². The number of aliphatic hydroxyl groups is 1. The van der Waals surface area contributed by atoms with Crippen LogP contribution >= 0.6 is 0 Å². The molecule has 0 aromatic carbocycles. The minimum Gasteiger partial charge on any atom is -0.394 e. The molecular weight excluding hydrogens is 232 g/mol. The number of rotatable bonds is 5. The summed E-state index contributed by atoms with van der Waals surface area (Å²) in [5.41, 5.74) is 0. The van der Waals surface area contributed by atoms with Crippen molar-refractivity contribution >= 4 is 11.8 Å². The van der Waals surface area contributed by atoms with E-state index in [2.05, 4.69) is 5.32 Å². The molecule has 0 radical (unpaired) electrons. The van der Waals surface area contributed by atoms with Crippen molar-refractivity contribution in [2.24, 2.45) is 0 Å². The van der Waals surface area contributed by atoms with Crippen molar-refractivity contribution in [3.63, 3.8) is 0 Å². The molecule has 2 N–H and O–H groups in total. The highest BCUT2D eigenvalue weighted by atomic mass is 16.3. The van der Waals surface area contributed by atoms with Gasteiger partial charge in [-0.15, -0.1) is 0 Å². The Labute approximate surface area is 109 Å². The minimum atomic E-state index is -0.355. The Hall–Kier alpha value is -1.10. The predicted octanol–water partition coefficient (Wildman–Crippen LogP) is 0.665. The summed E-state index contributed by atoms with van der Waals surface area (Å²) in [6, 6.07) is -0.616. The molecule has 0 saturated carbocycles. The van der Waals surface area contributed by atoms with Gasteiger partial charge in [-0.2, -0.15) is 0 Å². The summed E-state index contributed by atoms with van der Waals surface area (Å²) in [6.45, 7) is 4.30. The Kier molecular flexibility index (Phi) is 6.12. The molecule has 0 aromatic rings. The van der Waals surface area contributed by atoms with Crippen LogP contribution in [0.1, 0.15) is 46.0 Å².